The van der Waals surface area contributed by atoms with Gasteiger partial charge in [0.25, 0.3) is 5.91 Å². The van der Waals surface area contributed by atoms with Crippen LogP contribution in [-0.4, -0.2) is 31.0 Å². The van der Waals surface area contributed by atoms with E-state index in [1.807, 2.05) is 44.2 Å². The van der Waals surface area contributed by atoms with Crippen LogP contribution < -0.4 is 15.0 Å². The summed E-state index contributed by atoms with van der Waals surface area (Å²) in [5.74, 6) is 0.181. The molecular weight excluding hydrogens is 316 g/mol. The van der Waals surface area contributed by atoms with Gasteiger partial charge >= 0.3 is 0 Å². The lowest BCUT2D eigenvalue weighted by atomic mass is 10.1. The first-order valence-electron chi connectivity index (χ1n) is 8.58. The van der Waals surface area contributed by atoms with Crippen molar-refractivity contribution in [1.29, 1.82) is 0 Å². The van der Waals surface area contributed by atoms with Crippen LogP contribution in [0, 0.1) is 0 Å². The summed E-state index contributed by atoms with van der Waals surface area (Å²) in [4.78, 5) is 27.4. The first-order chi connectivity index (χ1) is 12.2. The van der Waals surface area contributed by atoms with Gasteiger partial charge in [-0.3, -0.25) is 14.5 Å². The van der Waals surface area contributed by atoms with E-state index in [-0.39, 0.29) is 11.8 Å². The molecule has 130 valence electrons. The highest BCUT2D eigenvalue weighted by atomic mass is 16.5. The summed E-state index contributed by atoms with van der Waals surface area (Å²) in [5, 5.41) is 2.83. The Morgan fingerprint density at radius 2 is 1.84 bits per heavy atom. The monoisotopic (exact) mass is 338 g/mol. The third-order valence-corrected chi connectivity index (χ3v) is 4.27. The van der Waals surface area contributed by atoms with Gasteiger partial charge in [-0.25, -0.2) is 0 Å². The normalized spacial score (nSPS) is 15.6. The fourth-order valence-corrected chi connectivity index (χ4v) is 3.19. The van der Waals surface area contributed by atoms with E-state index in [0.29, 0.717) is 30.9 Å². The van der Waals surface area contributed by atoms with Crippen molar-refractivity contribution in [2.24, 2.45) is 0 Å². The van der Waals surface area contributed by atoms with E-state index in [1.54, 1.807) is 23.1 Å². The quantitative estimate of drug-likeness (QED) is 0.912. The fourth-order valence-electron chi connectivity index (χ4n) is 3.19. The topological polar surface area (TPSA) is 58.6 Å². The molecule has 0 radical (unpaired) electrons. The Labute approximate surface area is 147 Å². The number of likely N-dealkylation sites (N-methyl/N-ethyl adjacent to an activating group) is 1. The number of anilines is 1. The highest BCUT2D eigenvalue weighted by Gasteiger charge is 2.39. The van der Waals surface area contributed by atoms with E-state index in [2.05, 4.69) is 5.32 Å². The van der Waals surface area contributed by atoms with Crippen LogP contribution >= 0.6 is 0 Å². The second-order valence-electron chi connectivity index (χ2n) is 5.85. The highest BCUT2D eigenvalue weighted by Crippen LogP contribution is 2.34. The zero-order chi connectivity index (χ0) is 17.8. The van der Waals surface area contributed by atoms with Crippen molar-refractivity contribution in [3.05, 3.63) is 59.7 Å². The smallest absolute Gasteiger partial charge is 0.262 e. The first-order valence-corrected chi connectivity index (χ1v) is 8.58. The number of fused-ring (bicyclic) bond motifs is 1. The molecule has 0 aliphatic carbocycles. The zero-order valence-electron chi connectivity index (χ0n) is 14.5. The number of hydrogen-bond acceptors (Lipinski definition) is 3. The highest BCUT2D eigenvalue weighted by molar-refractivity contribution is 6.12. The summed E-state index contributed by atoms with van der Waals surface area (Å²) < 4.78 is 5.60. The molecule has 1 aliphatic rings. The number of para-hydroxylation sites is 2. The third kappa shape index (κ3) is 3.22. The molecule has 0 spiro atoms. The number of hydrogen-bond donors (Lipinski definition) is 1. The van der Waals surface area contributed by atoms with Gasteiger partial charge < -0.3 is 10.1 Å². The number of ether oxygens (including phenoxy) is 1. The Morgan fingerprint density at radius 1 is 1.12 bits per heavy atom. The van der Waals surface area contributed by atoms with Gasteiger partial charge in [-0.15, -0.1) is 0 Å². The van der Waals surface area contributed by atoms with Crippen molar-refractivity contribution < 1.29 is 14.3 Å². The number of rotatable bonds is 5. The Balaban J connectivity index is 2.02. The van der Waals surface area contributed by atoms with Crippen LogP contribution in [0.5, 0.6) is 5.75 Å². The van der Waals surface area contributed by atoms with E-state index in [9.17, 15) is 9.59 Å². The van der Waals surface area contributed by atoms with Gasteiger partial charge in [0.05, 0.1) is 12.2 Å². The zero-order valence-corrected chi connectivity index (χ0v) is 14.5. The predicted octanol–water partition coefficient (Wildman–Crippen LogP) is 2.79. The van der Waals surface area contributed by atoms with Crippen LogP contribution in [0.3, 0.4) is 0 Å². The largest absolute Gasteiger partial charge is 0.493 e. The molecule has 0 saturated carbocycles. The number of amides is 2. The molecule has 5 nitrogen and oxygen atoms in total. The van der Waals surface area contributed by atoms with Crippen LogP contribution in [0.1, 0.15) is 29.8 Å². The molecular formula is C20H22N2O3. The Kier molecular flexibility index (Phi) is 5.03. The second kappa shape index (κ2) is 7.38. The van der Waals surface area contributed by atoms with Crippen molar-refractivity contribution in [1.82, 2.24) is 5.32 Å². The van der Waals surface area contributed by atoms with E-state index in [4.69, 9.17) is 4.74 Å². The molecule has 2 aromatic carbocycles. The number of carbonyl (C=O) groups is 2. The number of benzene rings is 2. The average Bonchev–Trinajstić information content (AvgIpc) is 3.02. The number of nitrogens with zero attached hydrogens (tertiary/aromatic N) is 1. The van der Waals surface area contributed by atoms with Crippen molar-refractivity contribution in [3.8, 4) is 5.75 Å². The summed E-state index contributed by atoms with van der Waals surface area (Å²) in [7, 11) is 0. The van der Waals surface area contributed by atoms with E-state index in [1.165, 1.54) is 0 Å². The molecule has 1 N–H and O–H groups in total. The van der Waals surface area contributed by atoms with E-state index in [0.717, 1.165) is 11.3 Å². The summed E-state index contributed by atoms with van der Waals surface area (Å²) in [6, 6.07) is 14.3. The van der Waals surface area contributed by atoms with Gasteiger partial charge in [-0.1, -0.05) is 30.3 Å². The molecule has 0 saturated heterocycles. The number of carbonyl (C=O) groups excluding carboxylic acids is 2. The van der Waals surface area contributed by atoms with Gasteiger partial charge in [0.15, 0.2) is 0 Å². The third-order valence-electron chi connectivity index (χ3n) is 4.27. The maximum atomic E-state index is 13.3. The molecule has 0 bridgehead atoms. The van der Waals surface area contributed by atoms with Gasteiger partial charge in [0.1, 0.15) is 11.8 Å². The van der Waals surface area contributed by atoms with Crippen LogP contribution in [-0.2, 0) is 11.2 Å². The van der Waals surface area contributed by atoms with E-state index >= 15 is 0 Å². The summed E-state index contributed by atoms with van der Waals surface area (Å²) in [5.41, 5.74) is 2.26. The molecule has 3 rings (SSSR count). The molecule has 2 aromatic rings. The number of nitrogens with one attached hydrogen (secondary N) is 1. The van der Waals surface area contributed by atoms with Gasteiger partial charge in [0, 0.05) is 18.7 Å². The Morgan fingerprint density at radius 3 is 2.60 bits per heavy atom. The summed E-state index contributed by atoms with van der Waals surface area (Å²) >= 11 is 0. The lowest BCUT2D eigenvalue weighted by molar-refractivity contribution is -0.122. The van der Waals surface area contributed by atoms with Crippen molar-refractivity contribution >= 4 is 17.5 Å². The SMILES string of the molecule is CCNC(=O)C1Cc2ccccc2N1C(=O)c1ccccc1OCC. The lowest BCUT2D eigenvalue weighted by Gasteiger charge is -2.25. The molecule has 0 aromatic heterocycles. The Hall–Kier alpha value is -2.82. The minimum atomic E-state index is -0.542. The van der Waals surface area contributed by atoms with Crippen molar-refractivity contribution in [2.45, 2.75) is 26.3 Å². The van der Waals surface area contributed by atoms with Crippen LogP contribution in [0.15, 0.2) is 48.5 Å². The van der Waals surface area contributed by atoms with Gasteiger partial charge in [-0.05, 0) is 37.6 Å². The first kappa shape index (κ1) is 17.0. The maximum Gasteiger partial charge on any atom is 0.262 e. The molecule has 1 atom stereocenters. The molecule has 1 heterocycles. The minimum absolute atomic E-state index is 0.138. The Bertz CT molecular complexity index is 788. The van der Waals surface area contributed by atoms with E-state index < -0.39 is 6.04 Å². The molecule has 1 aliphatic heterocycles. The predicted molar refractivity (Wildman–Crippen MR) is 97.0 cm³/mol. The molecule has 2 amide bonds. The summed E-state index contributed by atoms with van der Waals surface area (Å²) in [6.45, 7) is 4.75. The molecule has 1 unspecified atom stereocenters. The second-order valence-corrected chi connectivity index (χ2v) is 5.85. The van der Waals surface area contributed by atoms with Crippen LogP contribution in [0.4, 0.5) is 5.69 Å². The molecule has 25 heavy (non-hydrogen) atoms. The fraction of sp³-hybridized carbons (Fsp3) is 0.300. The maximum absolute atomic E-state index is 13.3. The van der Waals surface area contributed by atoms with Crippen LogP contribution in [0.2, 0.25) is 0 Å². The minimum Gasteiger partial charge on any atom is -0.493 e. The van der Waals surface area contributed by atoms with Crippen LogP contribution in [0.25, 0.3) is 0 Å². The summed E-state index contributed by atoms with van der Waals surface area (Å²) in [6.07, 6.45) is 0.518. The van der Waals surface area contributed by atoms with Crippen molar-refractivity contribution in [3.63, 3.8) is 0 Å². The van der Waals surface area contributed by atoms with Gasteiger partial charge in [-0.2, -0.15) is 0 Å². The molecule has 5 heteroatoms. The van der Waals surface area contributed by atoms with Crippen molar-refractivity contribution in [2.75, 3.05) is 18.1 Å². The average molecular weight is 338 g/mol. The lowest BCUT2D eigenvalue weighted by Crippen LogP contribution is -2.48. The van der Waals surface area contributed by atoms with Gasteiger partial charge in [0.2, 0.25) is 5.91 Å². The standard InChI is InChI=1S/C20H22N2O3/c1-3-21-19(23)17-13-14-9-5-7-11-16(14)22(17)20(24)15-10-6-8-12-18(15)25-4-2/h5-12,17H,3-4,13H2,1-2H3,(H,21,23). The molecule has 0 fully saturated rings.